The molecule has 0 saturated carbocycles. The van der Waals surface area contributed by atoms with E-state index in [1.54, 1.807) is 0 Å². The summed E-state index contributed by atoms with van der Waals surface area (Å²) in [6.07, 6.45) is 5.66. The highest BCUT2D eigenvalue weighted by Gasteiger charge is 2.19. The Hall–Kier alpha value is 0.01000. The zero-order chi connectivity index (χ0) is 17.2. The van der Waals surface area contributed by atoms with Crippen LogP contribution in [0.2, 0.25) is 0 Å². The molecule has 0 spiro atoms. The maximum atomic E-state index is 4.34. The zero-order valence-electron chi connectivity index (χ0n) is 15.1. The molecule has 0 aliphatic carbocycles. The van der Waals surface area contributed by atoms with Gasteiger partial charge in [-0.1, -0.05) is 28.1 Å². The number of hydrogen-bond acceptors (Lipinski definition) is 3. The molecule has 4 nitrogen and oxygen atoms in total. The van der Waals surface area contributed by atoms with Crippen molar-refractivity contribution < 1.29 is 0 Å². The minimum Gasteiger partial charge on any atom is -0.356 e. The summed E-state index contributed by atoms with van der Waals surface area (Å²) in [6.45, 7) is 4.30. The fraction of sp³-hybridized carbons (Fsp3) is 0.611. The standard InChI is InChI=1S/C18H29BrN4S.HI/c1-20-18(21-10-3-13-24-2)22-17-8-11-23(12-9-17)14-15-4-6-16(19)7-5-15;/h4-7,17H,3,8-14H2,1-2H3,(H2,20,21,22);1H. The number of aliphatic imine (C=N–C) groups is 1. The third-order valence-corrected chi connectivity index (χ3v) is 5.51. The molecule has 142 valence electrons. The van der Waals surface area contributed by atoms with Gasteiger partial charge in [-0.25, -0.2) is 0 Å². The molecule has 0 atom stereocenters. The summed E-state index contributed by atoms with van der Waals surface area (Å²) >= 11 is 5.38. The molecule has 7 heteroatoms. The Morgan fingerprint density at radius 2 is 1.96 bits per heavy atom. The van der Waals surface area contributed by atoms with E-state index >= 15 is 0 Å². The Bertz CT molecular complexity index is 504. The average molecular weight is 541 g/mol. The number of nitrogens with zero attached hydrogens (tertiary/aromatic N) is 2. The van der Waals surface area contributed by atoms with Crippen molar-refractivity contribution in [1.29, 1.82) is 0 Å². The predicted molar refractivity (Wildman–Crippen MR) is 125 cm³/mol. The van der Waals surface area contributed by atoms with Crippen LogP contribution in [0.25, 0.3) is 0 Å². The van der Waals surface area contributed by atoms with Crippen molar-refractivity contribution in [1.82, 2.24) is 15.5 Å². The number of benzene rings is 1. The molecular formula is C18H30BrIN4S. The van der Waals surface area contributed by atoms with Crippen molar-refractivity contribution in [3.63, 3.8) is 0 Å². The Kier molecular flexibility index (Phi) is 12.2. The summed E-state index contributed by atoms with van der Waals surface area (Å²) in [6, 6.07) is 9.17. The van der Waals surface area contributed by atoms with Crippen molar-refractivity contribution in [2.24, 2.45) is 4.99 Å². The number of thioether (sulfide) groups is 1. The van der Waals surface area contributed by atoms with Crippen LogP contribution in [0.5, 0.6) is 0 Å². The second-order valence-electron chi connectivity index (χ2n) is 6.17. The first-order valence-corrected chi connectivity index (χ1v) is 10.8. The number of halogens is 2. The van der Waals surface area contributed by atoms with Crippen LogP contribution in [-0.2, 0) is 6.54 Å². The minimum atomic E-state index is 0. The molecule has 1 aromatic carbocycles. The fourth-order valence-corrected chi connectivity index (χ4v) is 3.59. The first-order valence-electron chi connectivity index (χ1n) is 8.64. The summed E-state index contributed by atoms with van der Waals surface area (Å²) in [5.41, 5.74) is 1.39. The molecule has 25 heavy (non-hydrogen) atoms. The number of guanidine groups is 1. The third-order valence-electron chi connectivity index (χ3n) is 4.29. The van der Waals surface area contributed by atoms with Crippen LogP contribution >= 0.6 is 51.7 Å². The SMILES string of the molecule is CN=C(NCCCSC)NC1CCN(Cc2ccc(Br)cc2)CC1.I. The number of nitrogens with one attached hydrogen (secondary N) is 2. The monoisotopic (exact) mass is 540 g/mol. The average Bonchev–Trinajstić information content (AvgIpc) is 2.61. The van der Waals surface area contributed by atoms with Crippen LogP contribution in [0.15, 0.2) is 33.7 Å². The van der Waals surface area contributed by atoms with Gasteiger partial charge in [0, 0.05) is 43.7 Å². The van der Waals surface area contributed by atoms with Gasteiger partial charge in [0.1, 0.15) is 0 Å². The Labute approximate surface area is 182 Å². The Morgan fingerprint density at radius 1 is 1.28 bits per heavy atom. The van der Waals surface area contributed by atoms with Gasteiger partial charge >= 0.3 is 0 Å². The summed E-state index contributed by atoms with van der Waals surface area (Å²) in [5, 5.41) is 6.99. The van der Waals surface area contributed by atoms with E-state index in [4.69, 9.17) is 0 Å². The molecule has 2 N–H and O–H groups in total. The van der Waals surface area contributed by atoms with E-state index in [-0.39, 0.29) is 24.0 Å². The van der Waals surface area contributed by atoms with Crippen molar-refractivity contribution in [2.75, 3.05) is 38.7 Å². The van der Waals surface area contributed by atoms with Crippen molar-refractivity contribution in [3.05, 3.63) is 34.3 Å². The number of hydrogen-bond donors (Lipinski definition) is 2. The van der Waals surface area contributed by atoms with Gasteiger partial charge in [-0.3, -0.25) is 9.89 Å². The predicted octanol–water partition coefficient (Wildman–Crippen LogP) is 3.95. The molecule has 1 aliphatic heterocycles. The molecule has 1 aromatic rings. The van der Waals surface area contributed by atoms with Gasteiger partial charge in [-0.2, -0.15) is 11.8 Å². The summed E-state index contributed by atoms with van der Waals surface area (Å²) in [5.74, 6) is 2.14. The van der Waals surface area contributed by atoms with Gasteiger partial charge in [0.2, 0.25) is 0 Å². The number of likely N-dealkylation sites (tertiary alicyclic amines) is 1. The molecule has 0 amide bonds. The molecule has 0 unspecified atom stereocenters. The molecule has 0 radical (unpaired) electrons. The third kappa shape index (κ3) is 8.97. The Balaban J connectivity index is 0.00000312. The van der Waals surface area contributed by atoms with Crippen molar-refractivity contribution >= 4 is 57.6 Å². The smallest absolute Gasteiger partial charge is 0.191 e. The molecule has 2 rings (SSSR count). The topological polar surface area (TPSA) is 39.7 Å². The Morgan fingerprint density at radius 3 is 2.56 bits per heavy atom. The molecule has 1 saturated heterocycles. The van der Waals surface area contributed by atoms with Crippen LogP contribution < -0.4 is 10.6 Å². The lowest BCUT2D eigenvalue weighted by atomic mass is 10.0. The van der Waals surface area contributed by atoms with Crippen molar-refractivity contribution in [3.8, 4) is 0 Å². The van der Waals surface area contributed by atoms with Crippen LogP contribution in [0.3, 0.4) is 0 Å². The second kappa shape index (κ2) is 13.2. The largest absolute Gasteiger partial charge is 0.356 e. The van der Waals surface area contributed by atoms with Crippen LogP contribution in [0.1, 0.15) is 24.8 Å². The maximum absolute atomic E-state index is 4.34. The lowest BCUT2D eigenvalue weighted by Crippen LogP contribution is -2.48. The van der Waals surface area contributed by atoms with E-state index in [1.807, 2.05) is 18.8 Å². The van der Waals surface area contributed by atoms with E-state index < -0.39 is 0 Å². The molecule has 0 bridgehead atoms. The molecule has 1 heterocycles. The molecule has 1 aliphatic rings. The first kappa shape index (κ1) is 23.0. The van der Waals surface area contributed by atoms with E-state index in [1.165, 1.54) is 30.6 Å². The highest BCUT2D eigenvalue weighted by Crippen LogP contribution is 2.16. The van der Waals surface area contributed by atoms with Gasteiger partial charge < -0.3 is 10.6 Å². The van der Waals surface area contributed by atoms with Gasteiger partial charge in [0.25, 0.3) is 0 Å². The van der Waals surface area contributed by atoms with Gasteiger partial charge in [-0.15, -0.1) is 24.0 Å². The van der Waals surface area contributed by atoms with E-state index in [0.29, 0.717) is 6.04 Å². The lowest BCUT2D eigenvalue weighted by molar-refractivity contribution is 0.198. The highest BCUT2D eigenvalue weighted by molar-refractivity contribution is 14.0. The molecular weight excluding hydrogens is 511 g/mol. The fourth-order valence-electron chi connectivity index (χ4n) is 2.89. The van der Waals surface area contributed by atoms with Crippen molar-refractivity contribution in [2.45, 2.75) is 31.8 Å². The summed E-state index contributed by atoms with van der Waals surface area (Å²) in [7, 11) is 1.85. The molecule has 0 aromatic heterocycles. The number of rotatable bonds is 7. The first-order chi connectivity index (χ1) is 11.7. The van der Waals surface area contributed by atoms with E-state index in [0.717, 1.165) is 36.6 Å². The van der Waals surface area contributed by atoms with Crippen LogP contribution in [-0.4, -0.2) is 55.6 Å². The van der Waals surface area contributed by atoms with E-state index in [9.17, 15) is 0 Å². The lowest BCUT2D eigenvalue weighted by Gasteiger charge is -2.33. The highest BCUT2D eigenvalue weighted by atomic mass is 127. The summed E-state index contributed by atoms with van der Waals surface area (Å²) < 4.78 is 1.14. The van der Waals surface area contributed by atoms with Gasteiger partial charge in [-0.05, 0) is 49.0 Å². The zero-order valence-corrected chi connectivity index (χ0v) is 19.9. The van der Waals surface area contributed by atoms with E-state index in [2.05, 4.69) is 67.0 Å². The van der Waals surface area contributed by atoms with Gasteiger partial charge in [0.05, 0.1) is 0 Å². The van der Waals surface area contributed by atoms with Gasteiger partial charge in [0.15, 0.2) is 5.96 Å². The van der Waals surface area contributed by atoms with Crippen LogP contribution in [0.4, 0.5) is 0 Å². The second-order valence-corrected chi connectivity index (χ2v) is 8.07. The quantitative estimate of drug-likeness (QED) is 0.238. The normalized spacial score (nSPS) is 16.4. The number of piperidine rings is 1. The minimum absolute atomic E-state index is 0. The molecule has 1 fully saturated rings. The summed E-state index contributed by atoms with van der Waals surface area (Å²) in [4.78, 5) is 6.88. The van der Waals surface area contributed by atoms with Crippen LogP contribution in [0, 0.1) is 0 Å². The maximum Gasteiger partial charge on any atom is 0.191 e.